The Labute approximate surface area is 276 Å². The van der Waals surface area contributed by atoms with E-state index in [-0.39, 0.29) is 5.78 Å². The van der Waals surface area contributed by atoms with Gasteiger partial charge in [-0.05, 0) is 72.7 Å². The third-order valence-electron chi connectivity index (χ3n) is 8.16. The molecule has 0 radical (unpaired) electrons. The molecule has 236 valence electrons. The first kappa shape index (κ1) is 30.8. The molecule has 3 aromatic carbocycles. The summed E-state index contributed by atoms with van der Waals surface area (Å²) in [5.41, 5.74) is 4.07. The standard InChI is InChI=1S/C37H30ClN3O6/c1-22(42)9-18-29-28-19-20-41(34(28)40-21-39-29)35-33-32(46-37(2,3)47-33)31(44-35)30(25-14-16-27(38)17-15-25)45-36(43)26-12-10-24(11-13-26)23-7-5-4-6-8-23/h4-8,10-17,19-21,30-33,35H,1-3H3/t30-,31-,32-,33-,35-/m1/s1. The number of nitrogens with zero attached hydrogens (tertiary/aromatic N) is 3. The highest BCUT2D eigenvalue weighted by Crippen LogP contribution is 2.48. The zero-order chi connectivity index (χ0) is 32.7. The van der Waals surface area contributed by atoms with Gasteiger partial charge in [-0.2, -0.15) is 0 Å². The first-order valence-corrected chi connectivity index (χ1v) is 15.5. The van der Waals surface area contributed by atoms with Crippen molar-refractivity contribution in [2.75, 3.05) is 0 Å². The average molecular weight is 648 g/mol. The molecule has 0 saturated carbocycles. The second-order valence-electron chi connectivity index (χ2n) is 11.9. The number of ketones is 1. The van der Waals surface area contributed by atoms with Crippen LogP contribution in [0.4, 0.5) is 0 Å². The number of halogens is 1. The molecule has 4 heterocycles. The van der Waals surface area contributed by atoms with Crippen molar-refractivity contribution in [1.82, 2.24) is 14.5 Å². The van der Waals surface area contributed by atoms with E-state index < -0.39 is 42.4 Å². The van der Waals surface area contributed by atoms with E-state index in [4.69, 9.17) is 30.5 Å². The average Bonchev–Trinajstić information content (AvgIpc) is 3.74. The van der Waals surface area contributed by atoms with Crippen LogP contribution in [0.1, 0.15) is 54.7 Å². The highest BCUT2D eigenvalue weighted by atomic mass is 35.5. The second-order valence-corrected chi connectivity index (χ2v) is 12.3. The van der Waals surface area contributed by atoms with E-state index in [0.717, 1.165) is 11.1 Å². The van der Waals surface area contributed by atoms with E-state index in [9.17, 15) is 9.59 Å². The number of aromatic nitrogens is 3. The molecular weight excluding hydrogens is 618 g/mol. The summed E-state index contributed by atoms with van der Waals surface area (Å²) in [6.07, 6.45) is -0.329. The van der Waals surface area contributed by atoms with Gasteiger partial charge >= 0.3 is 5.97 Å². The predicted octanol–water partition coefficient (Wildman–Crippen LogP) is 6.71. The van der Waals surface area contributed by atoms with Gasteiger partial charge < -0.3 is 23.5 Å². The van der Waals surface area contributed by atoms with Crippen LogP contribution in [0.15, 0.2) is 97.5 Å². The minimum Gasteiger partial charge on any atom is -0.451 e. The zero-order valence-electron chi connectivity index (χ0n) is 25.8. The van der Waals surface area contributed by atoms with Crippen molar-refractivity contribution >= 4 is 34.4 Å². The summed E-state index contributed by atoms with van der Waals surface area (Å²) in [7, 11) is 0. The molecule has 47 heavy (non-hydrogen) atoms. The van der Waals surface area contributed by atoms with Gasteiger partial charge in [0, 0.05) is 18.1 Å². The SMILES string of the molecule is CC(=O)C#Cc1ncnc2c1ccn2[C@@H]1O[C@H]([C@H](OC(=O)c2ccc(-c3ccccc3)cc2)c2ccc(Cl)cc2)[C@H]2OC(C)(C)O[C@H]21. The maximum atomic E-state index is 13.7. The number of Topliss-reactive ketones (excluding diaryl/α,β-unsaturated/α-hetero) is 1. The smallest absolute Gasteiger partial charge is 0.338 e. The van der Waals surface area contributed by atoms with Crippen LogP contribution >= 0.6 is 11.6 Å². The van der Waals surface area contributed by atoms with Gasteiger partial charge in [-0.3, -0.25) is 4.79 Å². The van der Waals surface area contributed by atoms with Gasteiger partial charge in [0.2, 0.25) is 5.78 Å². The Bertz CT molecular complexity index is 2020. The Morgan fingerprint density at radius 1 is 0.915 bits per heavy atom. The van der Waals surface area contributed by atoms with Gasteiger partial charge in [0.25, 0.3) is 0 Å². The number of benzene rings is 3. The molecule has 2 aliphatic rings. The number of fused-ring (bicyclic) bond motifs is 2. The fourth-order valence-electron chi connectivity index (χ4n) is 6.09. The molecule has 0 bridgehead atoms. The van der Waals surface area contributed by atoms with E-state index >= 15 is 0 Å². The van der Waals surface area contributed by atoms with Crippen LogP contribution in [0.25, 0.3) is 22.2 Å². The lowest BCUT2D eigenvalue weighted by Gasteiger charge is -2.29. The molecule has 5 atom stereocenters. The van der Waals surface area contributed by atoms with Crippen molar-refractivity contribution in [2.24, 2.45) is 0 Å². The molecule has 10 heteroatoms. The number of rotatable bonds is 6. The van der Waals surface area contributed by atoms with Crippen molar-refractivity contribution in [3.63, 3.8) is 0 Å². The fraction of sp³-hybridized carbons (Fsp3) is 0.243. The quantitative estimate of drug-likeness (QED) is 0.148. The molecule has 0 aliphatic carbocycles. The largest absolute Gasteiger partial charge is 0.451 e. The van der Waals surface area contributed by atoms with E-state index in [1.807, 2.05) is 85.3 Å². The molecule has 0 N–H and O–H groups in total. The number of ether oxygens (including phenoxy) is 4. The predicted molar refractivity (Wildman–Crippen MR) is 174 cm³/mol. The third-order valence-corrected chi connectivity index (χ3v) is 8.42. The van der Waals surface area contributed by atoms with Crippen LogP contribution < -0.4 is 0 Å². The van der Waals surface area contributed by atoms with Gasteiger partial charge in [-0.1, -0.05) is 66.2 Å². The number of esters is 1. The Morgan fingerprint density at radius 2 is 1.62 bits per heavy atom. The molecule has 5 aromatic rings. The minimum absolute atomic E-state index is 0.269. The van der Waals surface area contributed by atoms with Gasteiger partial charge in [-0.25, -0.2) is 14.8 Å². The molecule has 7 rings (SSSR count). The van der Waals surface area contributed by atoms with E-state index in [2.05, 4.69) is 21.8 Å². The molecule has 2 saturated heterocycles. The van der Waals surface area contributed by atoms with Crippen LogP contribution in [0, 0.1) is 11.8 Å². The van der Waals surface area contributed by atoms with Crippen molar-refractivity contribution < 1.29 is 28.5 Å². The van der Waals surface area contributed by atoms with Crippen LogP contribution in [0.2, 0.25) is 5.02 Å². The molecule has 9 nitrogen and oxygen atoms in total. The summed E-state index contributed by atoms with van der Waals surface area (Å²) in [5.74, 6) is 3.65. The summed E-state index contributed by atoms with van der Waals surface area (Å²) >= 11 is 6.24. The molecule has 0 amide bonds. The van der Waals surface area contributed by atoms with E-state index in [1.165, 1.54) is 13.3 Å². The fourth-order valence-corrected chi connectivity index (χ4v) is 6.21. The Kier molecular flexibility index (Phi) is 8.12. The van der Waals surface area contributed by atoms with Gasteiger partial charge in [0.1, 0.15) is 36.0 Å². The summed E-state index contributed by atoms with van der Waals surface area (Å²) in [5, 5.41) is 1.20. The number of hydrogen-bond donors (Lipinski definition) is 0. The Hall–Kier alpha value is -4.85. The number of carbonyl (C=O) groups is 2. The Morgan fingerprint density at radius 3 is 2.34 bits per heavy atom. The lowest BCUT2D eigenvalue weighted by molar-refractivity contribution is -0.207. The van der Waals surface area contributed by atoms with Crippen LogP contribution in [0.5, 0.6) is 0 Å². The van der Waals surface area contributed by atoms with Crippen LogP contribution in [-0.2, 0) is 23.7 Å². The van der Waals surface area contributed by atoms with Gasteiger partial charge in [0.05, 0.1) is 10.9 Å². The monoisotopic (exact) mass is 647 g/mol. The molecular formula is C37H30ClN3O6. The first-order valence-electron chi connectivity index (χ1n) is 15.1. The molecule has 0 spiro atoms. The lowest BCUT2D eigenvalue weighted by atomic mass is 9.98. The van der Waals surface area contributed by atoms with E-state index in [0.29, 0.717) is 32.9 Å². The normalized spacial score (nSPS) is 21.9. The minimum atomic E-state index is -0.937. The van der Waals surface area contributed by atoms with Crippen molar-refractivity contribution in [3.05, 3.63) is 119 Å². The van der Waals surface area contributed by atoms with Gasteiger partial charge in [-0.15, -0.1) is 0 Å². The first-order chi connectivity index (χ1) is 22.7. The third kappa shape index (κ3) is 6.16. The zero-order valence-corrected chi connectivity index (χ0v) is 26.5. The van der Waals surface area contributed by atoms with E-state index in [1.54, 1.807) is 24.3 Å². The molecule has 2 aliphatic heterocycles. The second kappa shape index (κ2) is 12.4. The molecule has 2 fully saturated rings. The topological polar surface area (TPSA) is 102 Å². The van der Waals surface area contributed by atoms with Crippen LogP contribution in [-0.4, -0.2) is 50.4 Å². The van der Waals surface area contributed by atoms with Crippen molar-refractivity contribution in [3.8, 4) is 23.0 Å². The van der Waals surface area contributed by atoms with Gasteiger partial charge in [0.15, 0.2) is 18.1 Å². The maximum Gasteiger partial charge on any atom is 0.338 e. The summed E-state index contributed by atoms with van der Waals surface area (Å²) in [4.78, 5) is 34.0. The van der Waals surface area contributed by atoms with Crippen molar-refractivity contribution in [1.29, 1.82) is 0 Å². The van der Waals surface area contributed by atoms with Crippen LogP contribution in [0.3, 0.4) is 0 Å². The highest BCUT2D eigenvalue weighted by molar-refractivity contribution is 6.30. The lowest BCUT2D eigenvalue weighted by Crippen LogP contribution is -2.36. The van der Waals surface area contributed by atoms with Crippen molar-refractivity contribution in [2.45, 2.75) is 57.2 Å². The number of carbonyl (C=O) groups excluding carboxylic acids is 2. The molecule has 2 aromatic heterocycles. The molecule has 0 unspecified atom stereocenters. The summed E-state index contributed by atoms with van der Waals surface area (Å²) in [6, 6.07) is 26.1. The highest BCUT2D eigenvalue weighted by Gasteiger charge is 2.59. The Balaban J connectivity index is 1.24. The number of hydrogen-bond acceptors (Lipinski definition) is 8. The summed E-state index contributed by atoms with van der Waals surface area (Å²) < 4.78 is 27.7. The summed E-state index contributed by atoms with van der Waals surface area (Å²) in [6.45, 7) is 5.07. The maximum absolute atomic E-state index is 13.7.